The maximum Gasteiger partial charge on any atom is 0.133 e. The van der Waals surface area contributed by atoms with Crippen molar-refractivity contribution in [2.24, 2.45) is 0 Å². The predicted octanol–water partition coefficient (Wildman–Crippen LogP) is 2.13. The van der Waals surface area contributed by atoms with Gasteiger partial charge in [-0.3, -0.25) is 0 Å². The molecule has 18 heavy (non-hydrogen) atoms. The second-order valence-corrected chi connectivity index (χ2v) is 5.20. The van der Waals surface area contributed by atoms with Crippen molar-refractivity contribution in [1.82, 2.24) is 0 Å². The third kappa shape index (κ3) is 6.38. The zero-order valence-corrected chi connectivity index (χ0v) is 12.8. The molecule has 0 heterocycles. The molecule has 0 fully saturated rings. The number of ether oxygens (including phenoxy) is 2. The molecule has 1 aromatic rings. The fourth-order valence-corrected chi connectivity index (χ4v) is 2.26. The Bertz CT molecular complexity index is 345. The molecule has 0 amide bonds. The van der Waals surface area contributed by atoms with Crippen LogP contribution in [0.1, 0.15) is 18.4 Å². The van der Waals surface area contributed by atoms with Gasteiger partial charge in [-0.05, 0) is 40.5 Å². The first-order valence-corrected chi connectivity index (χ1v) is 7.23. The average molecular weight is 317 g/mol. The Balaban J connectivity index is 2.07. The lowest BCUT2D eigenvalue weighted by atomic mass is 10.2. The number of aryl methyl sites for hydroxylation is 1. The summed E-state index contributed by atoms with van der Waals surface area (Å²) in [5.41, 5.74) is 1.24. The van der Waals surface area contributed by atoms with Crippen molar-refractivity contribution in [1.29, 1.82) is 0 Å². The number of rotatable bonds is 9. The maximum atomic E-state index is 5.73. The van der Waals surface area contributed by atoms with Gasteiger partial charge in [0.2, 0.25) is 0 Å². The van der Waals surface area contributed by atoms with E-state index in [4.69, 9.17) is 9.47 Å². The predicted molar refractivity (Wildman–Crippen MR) is 77.1 cm³/mol. The normalized spacial score (nSPS) is 10.6. The second kappa shape index (κ2) is 9.36. The number of halogens is 1. The molecule has 0 bridgehead atoms. The van der Waals surface area contributed by atoms with E-state index in [0.717, 1.165) is 49.4 Å². The van der Waals surface area contributed by atoms with Crippen molar-refractivity contribution >= 4 is 15.9 Å². The molecule has 1 aromatic carbocycles. The van der Waals surface area contributed by atoms with Gasteiger partial charge < -0.3 is 14.8 Å². The molecule has 0 saturated heterocycles. The van der Waals surface area contributed by atoms with Gasteiger partial charge >= 0.3 is 0 Å². The minimum absolute atomic E-state index is 0.766. The highest BCUT2D eigenvalue weighted by molar-refractivity contribution is 9.10. The summed E-state index contributed by atoms with van der Waals surface area (Å²) in [5, 5.41) is 2.31. The van der Waals surface area contributed by atoms with Crippen LogP contribution >= 0.6 is 15.9 Å². The van der Waals surface area contributed by atoms with Crippen LogP contribution in [0.25, 0.3) is 0 Å². The summed E-state index contributed by atoms with van der Waals surface area (Å²) >= 11 is 3.51. The van der Waals surface area contributed by atoms with E-state index < -0.39 is 0 Å². The van der Waals surface area contributed by atoms with E-state index in [1.54, 1.807) is 7.11 Å². The fraction of sp³-hybridized carbons (Fsp3) is 0.571. The molecule has 102 valence electrons. The minimum atomic E-state index is 0.766. The van der Waals surface area contributed by atoms with E-state index in [2.05, 4.69) is 40.3 Å². The molecule has 0 saturated carbocycles. The fourth-order valence-electron chi connectivity index (χ4n) is 1.65. The maximum absolute atomic E-state index is 5.73. The lowest BCUT2D eigenvalue weighted by Crippen LogP contribution is -2.84. The first-order valence-electron chi connectivity index (χ1n) is 6.43. The molecule has 0 unspecified atom stereocenters. The van der Waals surface area contributed by atoms with E-state index in [1.165, 1.54) is 5.56 Å². The summed E-state index contributed by atoms with van der Waals surface area (Å²) in [4.78, 5) is 0. The van der Waals surface area contributed by atoms with Crippen molar-refractivity contribution in [3.8, 4) is 5.75 Å². The van der Waals surface area contributed by atoms with E-state index in [0.29, 0.717) is 0 Å². The van der Waals surface area contributed by atoms with Crippen LogP contribution in [0, 0.1) is 6.92 Å². The summed E-state index contributed by atoms with van der Waals surface area (Å²) in [7, 11) is 1.74. The van der Waals surface area contributed by atoms with Crippen molar-refractivity contribution in [3.63, 3.8) is 0 Å². The standard InChI is InChI=1S/C14H22BrNO2/c1-12-5-6-14(13(15)11-12)18-10-4-8-16-7-3-9-17-2/h5-6,11,16H,3-4,7-10H2,1-2H3/p+1. The summed E-state index contributed by atoms with van der Waals surface area (Å²) < 4.78 is 11.8. The third-order valence-corrected chi connectivity index (χ3v) is 3.27. The van der Waals surface area contributed by atoms with Gasteiger partial charge in [0.25, 0.3) is 0 Å². The Morgan fingerprint density at radius 1 is 1.17 bits per heavy atom. The number of nitrogens with two attached hydrogens (primary N) is 1. The van der Waals surface area contributed by atoms with Crippen LogP contribution in [0.3, 0.4) is 0 Å². The van der Waals surface area contributed by atoms with Crippen molar-refractivity contribution in [2.45, 2.75) is 19.8 Å². The van der Waals surface area contributed by atoms with Crippen LogP contribution in [0.4, 0.5) is 0 Å². The third-order valence-electron chi connectivity index (χ3n) is 2.65. The topological polar surface area (TPSA) is 35.1 Å². The molecule has 0 spiro atoms. The van der Waals surface area contributed by atoms with E-state index >= 15 is 0 Å². The highest BCUT2D eigenvalue weighted by Gasteiger charge is 2.01. The molecule has 3 nitrogen and oxygen atoms in total. The van der Waals surface area contributed by atoms with Gasteiger partial charge in [-0.15, -0.1) is 0 Å². The first kappa shape index (κ1) is 15.5. The molecule has 4 heteroatoms. The molecule has 2 N–H and O–H groups in total. The summed E-state index contributed by atoms with van der Waals surface area (Å²) in [6.45, 7) is 5.92. The number of hydrogen-bond donors (Lipinski definition) is 1. The first-order chi connectivity index (χ1) is 8.74. The largest absolute Gasteiger partial charge is 0.492 e. The van der Waals surface area contributed by atoms with Gasteiger partial charge in [0.15, 0.2) is 0 Å². The van der Waals surface area contributed by atoms with Crippen LogP contribution in [-0.2, 0) is 4.74 Å². The summed E-state index contributed by atoms with van der Waals surface area (Å²) in [5.74, 6) is 0.931. The van der Waals surface area contributed by atoms with Crippen molar-refractivity contribution < 1.29 is 14.8 Å². The smallest absolute Gasteiger partial charge is 0.133 e. The Morgan fingerprint density at radius 2 is 1.89 bits per heavy atom. The van der Waals surface area contributed by atoms with Crippen LogP contribution in [0.15, 0.2) is 22.7 Å². The number of quaternary nitrogens is 1. The van der Waals surface area contributed by atoms with Crippen LogP contribution < -0.4 is 10.1 Å². The zero-order valence-electron chi connectivity index (χ0n) is 11.2. The van der Waals surface area contributed by atoms with Gasteiger partial charge in [-0.25, -0.2) is 0 Å². The van der Waals surface area contributed by atoms with E-state index in [-0.39, 0.29) is 0 Å². The van der Waals surface area contributed by atoms with Gasteiger partial charge in [-0.2, -0.15) is 0 Å². The van der Waals surface area contributed by atoms with Crippen LogP contribution in [0.5, 0.6) is 5.75 Å². The molecular weight excluding hydrogens is 294 g/mol. The van der Waals surface area contributed by atoms with Crippen molar-refractivity contribution in [2.75, 3.05) is 33.4 Å². The molecule has 0 aliphatic heterocycles. The number of methoxy groups -OCH3 is 1. The van der Waals surface area contributed by atoms with Gasteiger partial charge in [0, 0.05) is 20.0 Å². The monoisotopic (exact) mass is 316 g/mol. The van der Waals surface area contributed by atoms with Crippen LogP contribution in [0.2, 0.25) is 0 Å². The van der Waals surface area contributed by atoms with E-state index in [9.17, 15) is 0 Å². The van der Waals surface area contributed by atoms with Gasteiger partial charge in [0.05, 0.1) is 30.8 Å². The average Bonchev–Trinajstić information content (AvgIpc) is 2.35. The van der Waals surface area contributed by atoms with Gasteiger partial charge in [-0.1, -0.05) is 6.07 Å². The highest BCUT2D eigenvalue weighted by atomic mass is 79.9. The Morgan fingerprint density at radius 3 is 2.56 bits per heavy atom. The quantitative estimate of drug-likeness (QED) is 0.708. The second-order valence-electron chi connectivity index (χ2n) is 4.35. The summed E-state index contributed by atoms with van der Waals surface area (Å²) in [6.07, 6.45) is 2.17. The highest BCUT2D eigenvalue weighted by Crippen LogP contribution is 2.25. The van der Waals surface area contributed by atoms with Crippen molar-refractivity contribution in [3.05, 3.63) is 28.2 Å². The SMILES string of the molecule is COCCC[NH2+]CCCOc1ccc(C)cc1Br. The minimum Gasteiger partial charge on any atom is -0.492 e. The molecular formula is C14H23BrNO2+. The Labute approximate surface area is 118 Å². The molecule has 0 aliphatic rings. The summed E-state index contributed by atoms with van der Waals surface area (Å²) in [6, 6.07) is 6.16. The number of hydrogen-bond acceptors (Lipinski definition) is 2. The zero-order chi connectivity index (χ0) is 13.2. The lowest BCUT2D eigenvalue weighted by Gasteiger charge is -2.08. The Kier molecular flexibility index (Phi) is 8.05. The molecule has 1 rings (SSSR count). The molecule has 0 radical (unpaired) electrons. The Hall–Kier alpha value is -0.580. The van der Waals surface area contributed by atoms with Gasteiger partial charge in [0.1, 0.15) is 5.75 Å². The molecule has 0 aromatic heterocycles. The lowest BCUT2D eigenvalue weighted by molar-refractivity contribution is -0.655. The molecule has 0 atom stereocenters. The van der Waals surface area contributed by atoms with E-state index in [1.807, 2.05) is 6.07 Å². The van der Waals surface area contributed by atoms with Crippen LogP contribution in [-0.4, -0.2) is 33.4 Å². The number of benzene rings is 1. The molecule has 0 aliphatic carbocycles.